The van der Waals surface area contributed by atoms with E-state index in [-0.39, 0.29) is 11.3 Å². The third-order valence-electron chi connectivity index (χ3n) is 5.20. The maximum absolute atomic E-state index is 14.3. The van der Waals surface area contributed by atoms with Crippen LogP contribution in [0, 0.1) is 0 Å². The summed E-state index contributed by atoms with van der Waals surface area (Å²) >= 11 is 18.5. The maximum Gasteiger partial charge on any atom is 0.286 e. The smallest absolute Gasteiger partial charge is 0.283 e. The molecule has 0 saturated carbocycles. The van der Waals surface area contributed by atoms with Gasteiger partial charge < -0.3 is 0 Å². The lowest BCUT2D eigenvalue weighted by molar-refractivity contribution is 0.0742. The molecule has 1 amide bonds. The number of carbonyl (C=O) groups excluding carboxylic acids is 1. The number of carbonyl (C=O) groups is 1. The van der Waals surface area contributed by atoms with Crippen LogP contribution in [0.25, 0.3) is 16.9 Å². The molecular formula is C22H20Cl3FN4O. The average Bonchev–Trinajstić information content (AvgIpc) is 3.14. The number of rotatable bonds is 5. The van der Waals surface area contributed by atoms with Gasteiger partial charge in [0.1, 0.15) is 6.67 Å². The molecule has 1 N–H and O–H groups in total. The van der Waals surface area contributed by atoms with E-state index in [1.165, 1.54) is 4.68 Å². The molecule has 0 atom stereocenters. The molecule has 0 bridgehead atoms. The number of amides is 1. The number of aromatic nitrogens is 2. The minimum absolute atomic E-state index is 0.0176. The number of alkyl halides is 1. The van der Waals surface area contributed by atoms with Crippen molar-refractivity contribution in [3.63, 3.8) is 0 Å². The summed E-state index contributed by atoms with van der Waals surface area (Å²) in [6.45, 7) is 0.640. The van der Waals surface area contributed by atoms with E-state index in [2.05, 4.69) is 10.5 Å². The third-order valence-corrected chi connectivity index (χ3v) is 5.99. The number of hydrogen-bond donors (Lipinski definition) is 1. The molecule has 1 fully saturated rings. The van der Waals surface area contributed by atoms with Gasteiger partial charge in [-0.1, -0.05) is 53.4 Å². The Morgan fingerprint density at radius 3 is 2.32 bits per heavy atom. The van der Waals surface area contributed by atoms with Crippen LogP contribution in [0.2, 0.25) is 15.1 Å². The predicted octanol–water partition coefficient (Wildman–Crippen LogP) is 6.10. The summed E-state index contributed by atoms with van der Waals surface area (Å²) in [5, 5.41) is 7.67. The van der Waals surface area contributed by atoms with Gasteiger partial charge >= 0.3 is 0 Å². The van der Waals surface area contributed by atoms with Crippen molar-refractivity contribution in [2.24, 2.45) is 0 Å². The van der Waals surface area contributed by atoms with Crippen molar-refractivity contribution in [1.82, 2.24) is 20.2 Å². The highest BCUT2D eigenvalue weighted by molar-refractivity contribution is 6.35. The molecule has 4 rings (SSSR count). The van der Waals surface area contributed by atoms with Crippen LogP contribution in [-0.4, -0.2) is 33.8 Å². The SMILES string of the molecule is O=C(NN1CCCCC1)c1nn(-c2ccc(Cl)cc2Cl)c(-c2ccc(Cl)cc2)c1C[18F]. The van der Waals surface area contributed by atoms with E-state index in [0.29, 0.717) is 32.0 Å². The van der Waals surface area contributed by atoms with Gasteiger partial charge in [-0.2, -0.15) is 5.10 Å². The van der Waals surface area contributed by atoms with Gasteiger partial charge in [0.2, 0.25) is 0 Å². The summed E-state index contributed by atoms with van der Waals surface area (Å²) in [6.07, 6.45) is 3.13. The van der Waals surface area contributed by atoms with Crippen molar-refractivity contribution in [2.45, 2.75) is 25.9 Å². The third kappa shape index (κ3) is 4.72. The van der Waals surface area contributed by atoms with Crippen LogP contribution in [0.1, 0.15) is 35.3 Å². The van der Waals surface area contributed by atoms with E-state index in [0.717, 1.165) is 32.4 Å². The molecule has 0 unspecified atom stereocenters. The van der Waals surface area contributed by atoms with Crippen molar-refractivity contribution >= 4 is 40.7 Å². The quantitative estimate of drug-likeness (QED) is 0.480. The molecule has 2 heterocycles. The number of nitrogens with one attached hydrogen (secondary N) is 1. The van der Waals surface area contributed by atoms with Crippen molar-refractivity contribution in [2.75, 3.05) is 13.1 Å². The van der Waals surface area contributed by atoms with Crippen LogP contribution in [0.3, 0.4) is 0 Å². The fourth-order valence-corrected chi connectivity index (χ4v) is 4.31. The molecule has 1 aromatic heterocycles. The summed E-state index contributed by atoms with van der Waals surface area (Å²) in [5.41, 5.74) is 4.65. The van der Waals surface area contributed by atoms with Gasteiger partial charge in [-0.25, -0.2) is 14.1 Å². The van der Waals surface area contributed by atoms with Crippen LogP contribution >= 0.6 is 34.8 Å². The molecule has 162 valence electrons. The van der Waals surface area contributed by atoms with Crippen LogP contribution in [-0.2, 0) is 6.67 Å². The zero-order valence-corrected chi connectivity index (χ0v) is 18.8. The fourth-order valence-electron chi connectivity index (χ4n) is 3.69. The second kappa shape index (κ2) is 9.57. The van der Waals surface area contributed by atoms with E-state index in [1.807, 2.05) is 5.01 Å². The van der Waals surface area contributed by atoms with Gasteiger partial charge in [-0.05, 0) is 43.2 Å². The van der Waals surface area contributed by atoms with E-state index < -0.39 is 12.6 Å². The molecule has 1 aliphatic rings. The Morgan fingerprint density at radius 2 is 1.68 bits per heavy atom. The molecule has 31 heavy (non-hydrogen) atoms. The summed E-state index contributed by atoms with van der Waals surface area (Å²) in [6, 6.07) is 11.8. The molecule has 5 nitrogen and oxygen atoms in total. The summed E-state index contributed by atoms with van der Waals surface area (Å²) in [5.74, 6) is -0.450. The number of hydrazine groups is 1. The van der Waals surface area contributed by atoms with E-state index in [9.17, 15) is 9.18 Å². The lowest BCUT2D eigenvalue weighted by Gasteiger charge is -2.26. The second-order valence-electron chi connectivity index (χ2n) is 7.31. The molecule has 0 aliphatic carbocycles. The highest BCUT2D eigenvalue weighted by Crippen LogP contribution is 2.34. The number of piperidine rings is 1. The first kappa shape index (κ1) is 22.1. The average molecular weight is 481 g/mol. The normalized spacial score (nSPS) is 14.6. The topological polar surface area (TPSA) is 50.2 Å². The zero-order valence-electron chi connectivity index (χ0n) is 16.5. The Bertz CT molecular complexity index is 1090. The largest absolute Gasteiger partial charge is 0.286 e. The molecule has 3 aromatic rings. The van der Waals surface area contributed by atoms with Crippen molar-refractivity contribution in [3.8, 4) is 16.9 Å². The molecule has 1 saturated heterocycles. The number of halogens is 4. The van der Waals surface area contributed by atoms with Gasteiger partial charge in [0.25, 0.3) is 5.91 Å². The maximum atomic E-state index is 14.3. The summed E-state index contributed by atoms with van der Waals surface area (Å²) in [7, 11) is 0. The zero-order chi connectivity index (χ0) is 22.0. The summed E-state index contributed by atoms with van der Waals surface area (Å²) in [4.78, 5) is 13.0. The lowest BCUT2D eigenvalue weighted by atomic mass is 10.1. The fraction of sp³-hybridized carbons (Fsp3) is 0.273. The Balaban J connectivity index is 1.84. The number of hydrogen-bond acceptors (Lipinski definition) is 3. The van der Waals surface area contributed by atoms with Gasteiger partial charge in [0.05, 0.1) is 16.4 Å². The van der Waals surface area contributed by atoms with Gasteiger partial charge in [-0.3, -0.25) is 10.2 Å². The molecule has 0 radical (unpaired) electrons. The van der Waals surface area contributed by atoms with Crippen LogP contribution in [0.5, 0.6) is 0 Å². The van der Waals surface area contributed by atoms with E-state index >= 15 is 0 Å². The van der Waals surface area contributed by atoms with Gasteiger partial charge in [0, 0.05) is 34.3 Å². The number of benzene rings is 2. The van der Waals surface area contributed by atoms with Crippen molar-refractivity contribution < 1.29 is 9.18 Å². The monoisotopic (exact) mass is 479 g/mol. The Hall–Kier alpha value is -2.12. The predicted molar refractivity (Wildman–Crippen MR) is 122 cm³/mol. The molecule has 1 aliphatic heterocycles. The van der Waals surface area contributed by atoms with E-state index in [1.54, 1.807) is 42.5 Å². The summed E-state index contributed by atoms with van der Waals surface area (Å²) < 4.78 is 15.8. The molecule has 9 heteroatoms. The minimum Gasteiger partial charge on any atom is -0.283 e. The van der Waals surface area contributed by atoms with Crippen LogP contribution in [0.4, 0.5) is 4.39 Å². The Morgan fingerprint density at radius 1 is 1.00 bits per heavy atom. The Kier molecular flexibility index (Phi) is 6.82. The van der Waals surface area contributed by atoms with Crippen LogP contribution in [0.15, 0.2) is 42.5 Å². The molecule has 0 spiro atoms. The second-order valence-corrected chi connectivity index (χ2v) is 8.59. The highest BCUT2D eigenvalue weighted by atomic mass is 35.5. The first-order valence-electron chi connectivity index (χ1n) is 9.93. The van der Waals surface area contributed by atoms with Gasteiger partial charge in [-0.15, -0.1) is 0 Å². The van der Waals surface area contributed by atoms with E-state index in [4.69, 9.17) is 34.8 Å². The van der Waals surface area contributed by atoms with Gasteiger partial charge in [0.15, 0.2) is 5.69 Å². The Labute approximate surface area is 194 Å². The van der Waals surface area contributed by atoms with Crippen molar-refractivity contribution in [3.05, 3.63) is 68.8 Å². The first-order chi connectivity index (χ1) is 15.0. The van der Waals surface area contributed by atoms with Crippen molar-refractivity contribution in [1.29, 1.82) is 0 Å². The minimum atomic E-state index is -0.869. The lowest BCUT2D eigenvalue weighted by Crippen LogP contribution is -2.45. The highest BCUT2D eigenvalue weighted by Gasteiger charge is 2.27. The number of nitrogens with zero attached hydrogens (tertiary/aromatic N) is 3. The van der Waals surface area contributed by atoms with Crippen LogP contribution < -0.4 is 5.43 Å². The standard InChI is InChI=1S/C22H20Cl3FN4O/c23-15-6-4-14(5-7-15)21-17(13-26)20(22(31)28-29-10-2-1-3-11-29)27-30(21)19-9-8-16(24)12-18(19)25/h4-9,12H,1-3,10-11,13H2,(H,28,31)/i26-1. The molecular weight excluding hydrogens is 461 g/mol. The molecule has 2 aromatic carbocycles. The first-order valence-corrected chi connectivity index (χ1v) is 11.1.